The van der Waals surface area contributed by atoms with E-state index in [-0.39, 0.29) is 30.5 Å². The minimum atomic E-state index is -4.44. The van der Waals surface area contributed by atoms with Gasteiger partial charge in [0.25, 0.3) is 0 Å². The van der Waals surface area contributed by atoms with Crippen LogP contribution in [0, 0.1) is 0 Å². The lowest BCUT2D eigenvalue weighted by molar-refractivity contribution is -0.137. The SMILES string of the molecule is CNC(=O)Cn1c(CO)cnc1SCC(=O)Nc1ccc(C(F)(F)F)cc1. The third kappa shape index (κ3) is 5.73. The molecule has 27 heavy (non-hydrogen) atoms. The molecule has 0 saturated heterocycles. The summed E-state index contributed by atoms with van der Waals surface area (Å²) in [6, 6.07) is 4.10. The van der Waals surface area contributed by atoms with Crippen molar-refractivity contribution < 1.29 is 27.9 Å². The lowest BCUT2D eigenvalue weighted by atomic mass is 10.2. The van der Waals surface area contributed by atoms with Gasteiger partial charge in [0.05, 0.1) is 29.8 Å². The molecule has 1 heterocycles. The van der Waals surface area contributed by atoms with Gasteiger partial charge in [-0.1, -0.05) is 11.8 Å². The summed E-state index contributed by atoms with van der Waals surface area (Å²) in [5.41, 5.74) is -0.148. The maximum Gasteiger partial charge on any atom is 0.416 e. The summed E-state index contributed by atoms with van der Waals surface area (Å²) < 4.78 is 39.1. The minimum Gasteiger partial charge on any atom is -0.390 e. The van der Waals surface area contributed by atoms with Gasteiger partial charge in [0, 0.05) is 12.7 Å². The number of benzene rings is 1. The number of nitrogens with one attached hydrogen (secondary N) is 2. The van der Waals surface area contributed by atoms with E-state index in [0.29, 0.717) is 10.9 Å². The van der Waals surface area contributed by atoms with Crippen molar-refractivity contribution in [1.29, 1.82) is 0 Å². The van der Waals surface area contributed by atoms with Crippen LogP contribution in [-0.2, 0) is 28.9 Å². The number of hydrogen-bond donors (Lipinski definition) is 3. The number of anilines is 1. The van der Waals surface area contributed by atoms with Crippen molar-refractivity contribution in [2.24, 2.45) is 0 Å². The Morgan fingerprint density at radius 2 is 1.89 bits per heavy atom. The van der Waals surface area contributed by atoms with Gasteiger partial charge in [0.1, 0.15) is 6.54 Å². The fourth-order valence-electron chi connectivity index (χ4n) is 2.09. The van der Waals surface area contributed by atoms with Gasteiger partial charge in [0.2, 0.25) is 11.8 Å². The van der Waals surface area contributed by atoms with Crippen LogP contribution in [0.3, 0.4) is 0 Å². The lowest BCUT2D eigenvalue weighted by Gasteiger charge is -2.10. The van der Waals surface area contributed by atoms with Gasteiger partial charge in [-0.3, -0.25) is 9.59 Å². The maximum absolute atomic E-state index is 12.5. The number of carbonyl (C=O) groups excluding carboxylic acids is 2. The predicted octanol–water partition coefficient (Wildman–Crippen LogP) is 1.87. The Morgan fingerprint density at radius 3 is 2.44 bits per heavy atom. The Hall–Kier alpha value is -2.53. The van der Waals surface area contributed by atoms with Crippen LogP contribution in [-0.4, -0.2) is 39.3 Å². The van der Waals surface area contributed by atoms with Crippen LogP contribution in [0.25, 0.3) is 0 Å². The van der Waals surface area contributed by atoms with Crippen molar-refractivity contribution in [3.63, 3.8) is 0 Å². The Kier molecular flexibility index (Phi) is 6.86. The molecular formula is C16H17F3N4O3S. The molecule has 0 unspecified atom stereocenters. The first-order valence-corrected chi connectivity index (χ1v) is 8.69. The first-order chi connectivity index (χ1) is 12.7. The number of aromatic nitrogens is 2. The van der Waals surface area contributed by atoms with Gasteiger partial charge in [-0.2, -0.15) is 13.2 Å². The number of nitrogens with zero attached hydrogens (tertiary/aromatic N) is 2. The molecular weight excluding hydrogens is 385 g/mol. The van der Waals surface area contributed by atoms with Gasteiger partial charge in [-0.25, -0.2) is 4.98 Å². The highest BCUT2D eigenvalue weighted by Crippen LogP contribution is 2.29. The third-order valence-corrected chi connectivity index (χ3v) is 4.46. The van der Waals surface area contributed by atoms with E-state index in [1.54, 1.807) is 0 Å². The summed E-state index contributed by atoms with van der Waals surface area (Å²) in [4.78, 5) is 27.7. The summed E-state index contributed by atoms with van der Waals surface area (Å²) in [7, 11) is 1.47. The van der Waals surface area contributed by atoms with Crippen molar-refractivity contribution in [2.75, 3.05) is 18.1 Å². The molecule has 0 saturated carbocycles. The molecule has 0 radical (unpaired) electrons. The largest absolute Gasteiger partial charge is 0.416 e. The van der Waals surface area contributed by atoms with Crippen molar-refractivity contribution in [1.82, 2.24) is 14.9 Å². The number of aliphatic hydroxyl groups is 1. The van der Waals surface area contributed by atoms with Gasteiger partial charge >= 0.3 is 6.18 Å². The first kappa shape index (κ1) is 20.8. The number of hydrogen-bond acceptors (Lipinski definition) is 5. The molecule has 1 aromatic heterocycles. The van der Waals surface area contributed by atoms with E-state index in [2.05, 4.69) is 15.6 Å². The molecule has 2 aromatic rings. The van der Waals surface area contributed by atoms with E-state index in [1.807, 2.05) is 0 Å². The highest BCUT2D eigenvalue weighted by atomic mass is 32.2. The van der Waals surface area contributed by atoms with Crippen LogP contribution in [0.1, 0.15) is 11.3 Å². The summed E-state index contributed by atoms with van der Waals surface area (Å²) in [5, 5.41) is 14.6. The number of likely N-dealkylation sites (N-methyl/N-ethyl adjacent to an activating group) is 1. The lowest BCUT2D eigenvalue weighted by Crippen LogP contribution is -2.25. The number of halogens is 3. The van der Waals surface area contributed by atoms with Crippen LogP contribution in [0.2, 0.25) is 0 Å². The number of amides is 2. The quantitative estimate of drug-likeness (QED) is 0.615. The Balaban J connectivity index is 1.97. The predicted molar refractivity (Wildman–Crippen MR) is 93.0 cm³/mol. The zero-order chi connectivity index (χ0) is 20.0. The zero-order valence-corrected chi connectivity index (χ0v) is 15.0. The molecule has 146 valence electrons. The number of aliphatic hydroxyl groups excluding tert-OH is 1. The zero-order valence-electron chi connectivity index (χ0n) is 14.2. The number of imidazole rings is 1. The molecule has 0 aliphatic carbocycles. The Morgan fingerprint density at radius 1 is 1.22 bits per heavy atom. The molecule has 0 atom stereocenters. The molecule has 0 aliphatic rings. The topological polar surface area (TPSA) is 96.2 Å². The van der Waals surface area contributed by atoms with E-state index in [9.17, 15) is 27.9 Å². The number of rotatable bonds is 7. The second kappa shape index (κ2) is 8.91. The molecule has 0 aliphatic heterocycles. The standard InChI is InChI=1S/C16H17F3N4O3S/c1-20-13(25)7-23-12(8-24)6-21-15(23)27-9-14(26)22-11-4-2-10(3-5-11)16(17,18)19/h2-6,24H,7-9H2,1H3,(H,20,25)(H,22,26). The highest BCUT2D eigenvalue weighted by molar-refractivity contribution is 7.99. The number of thioether (sulfide) groups is 1. The molecule has 2 rings (SSSR count). The number of carbonyl (C=O) groups is 2. The average Bonchev–Trinajstić information content (AvgIpc) is 3.01. The molecule has 2 amide bonds. The summed E-state index contributed by atoms with van der Waals surface area (Å²) in [6.45, 7) is -0.377. The Labute approximate surface area is 157 Å². The smallest absolute Gasteiger partial charge is 0.390 e. The normalized spacial score (nSPS) is 11.3. The monoisotopic (exact) mass is 402 g/mol. The van der Waals surface area contributed by atoms with Gasteiger partial charge < -0.3 is 20.3 Å². The second-order valence-electron chi connectivity index (χ2n) is 5.36. The minimum absolute atomic E-state index is 0.0603. The van der Waals surface area contributed by atoms with Crippen molar-refractivity contribution in [3.05, 3.63) is 41.7 Å². The molecule has 0 fully saturated rings. The van der Waals surface area contributed by atoms with Crippen LogP contribution in [0.4, 0.5) is 18.9 Å². The molecule has 11 heteroatoms. The van der Waals surface area contributed by atoms with Gasteiger partial charge in [-0.05, 0) is 24.3 Å². The molecule has 0 spiro atoms. The molecule has 0 bridgehead atoms. The van der Waals surface area contributed by atoms with E-state index < -0.39 is 17.6 Å². The van der Waals surface area contributed by atoms with Crippen molar-refractivity contribution >= 4 is 29.3 Å². The van der Waals surface area contributed by atoms with Crippen molar-refractivity contribution in [3.8, 4) is 0 Å². The van der Waals surface area contributed by atoms with Crippen LogP contribution in [0.15, 0.2) is 35.6 Å². The first-order valence-electron chi connectivity index (χ1n) is 7.70. The van der Waals surface area contributed by atoms with E-state index in [0.717, 1.165) is 23.9 Å². The highest BCUT2D eigenvalue weighted by Gasteiger charge is 2.30. The van der Waals surface area contributed by atoms with Gasteiger partial charge in [-0.15, -0.1) is 0 Å². The Bertz CT molecular complexity index is 806. The van der Waals surface area contributed by atoms with Crippen LogP contribution >= 0.6 is 11.8 Å². The van der Waals surface area contributed by atoms with E-state index >= 15 is 0 Å². The number of alkyl halides is 3. The van der Waals surface area contributed by atoms with Crippen molar-refractivity contribution in [2.45, 2.75) is 24.5 Å². The third-order valence-electron chi connectivity index (χ3n) is 3.47. The summed E-state index contributed by atoms with van der Waals surface area (Å²) >= 11 is 1.04. The van der Waals surface area contributed by atoms with E-state index in [4.69, 9.17) is 0 Å². The fourth-order valence-corrected chi connectivity index (χ4v) is 2.89. The summed E-state index contributed by atoms with van der Waals surface area (Å²) in [5.74, 6) is -0.810. The maximum atomic E-state index is 12.5. The van der Waals surface area contributed by atoms with Crippen LogP contribution in [0.5, 0.6) is 0 Å². The summed E-state index contributed by atoms with van der Waals surface area (Å²) in [6.07, 6.45) is -3.04. The van der Waals surface area contributed by atoms with Gasteiger partial charge in [0.15, 0.2) is 5.16 Å². The van der Waals surface area contributed by atoms with Crippen LogP contribution < -0.4 is 10.6 Å². The molecule has 3 N–H and O–H groups in total. The second-order valence-corrected chi connectivity index (χ2v) is 6.30. The molecule has 1 aromatic carbocycles. The van der Waals surface area contributed by atoms with E-state index in [1.165, 1.54) is 29.9 Å². The fraction of sp³-hybridized carbons (Fsp3) is 0.312. The molecule has 7 nitrogen and oxygen atoms in total. The average molecular weight is 402 g/mol.